The molecule has 5 rings (SSSR count). The van der Waals surface area contributed by atoms with E-state index in [2.05, 4.69) is 86.7 Å². The maximum absolute atomic E-state index is 5.84. The molecule has 0 amide bonds. The van der Waals surface area contributed by atoms with Gasteiger partial charge in [-0.3, -0.25) is 0 Å². The van der Waals surface area contributed by atoms with Crippen LogP contribution in [0.25, 0.3) is 0 Å². The zero-order valence-electron chi connectivity index (χ0n) is 23.1. The van der Waals surface area contributed by atoms with Crippen LogP contribution >= 0.6 is 0 Å². The van der Waals surface area contributed by atoms with E-state index in [0.717, 1.165) is 30.8 Å². The first-order valence-corrected chi connectivity index (χ1v) is 13.7. The summed E-state index contributed by atoms with van der Waals surface area (Å²) in [6.07, 6.45) is 12.9. The second-order valence-electron chi connectivity index (χ2n) is 12.9. The molecule has 1 N–H and O–H groups in total. The summed E-state index contributed by atoms with van der Waals surface area (Å²) in [5, 5.41) is 3.92. The molecule has 2 aromatic rings. The molecular weight excluding hydrogens is 441 g/mol. The van der Waals surface area contributed by atoms with Crippen LogP contribution in [0.5, 0.6) is 0 Å². The van der Waals surface area contributed by atoms with Gasteiger partial charge in [-0.25, -0.2) is 9.97 Å². The van der Waals surface area contributed by atoms with Gasteiger partial charge in [-0.1, -0.05) is 44.0 Å². The lowest BCUT2D eigenvalue weighted by atomic mass is 9.54. The Hall–Kier alpha value is -2.52. The number of nitrogens with one attached hydrogen (secondary N) is 1. The van der Waals surface area contributed by atoms with Crippen molar-refractivity contribution in [2.45, 2.75) is 77.7 Å². The van der Waals surface area contributed by atoms with Gasteiger partial charge in [-0.15, -0.1) is 6.42 Å². The van der Waals surface area contributed by atoms with Crippen LogP contribution < -0.4 is 10.2 Å². The Bertz CT molecular complexity index is 1160. The Morgan fingerprint density at radius 2 is 1.97 bits per heavy atom. The van der Waals surface area contributed by atoms with Gasteiger partial charge in [0.05, 0.1) is 12.2 Å². The molecule has 2 atom stereocenters. The molecule has 0 spiro atoms. The largest absolute Gasteiger partial charge is 0.362 e. The maximum Gasteiger partial charge on any atom is 0.165 e. The first kappa shape index (κ1) is 25.1. The number of hydrogen-bond donors (Lipinski definition) is 1. The SMILES string of the molecule is B[C@]1(C2CN(c3nc(N[C@H](C)c4ccc(C)cc4C)cnc3C#C)C2)CCCN(C2CC(C)(C)C2)C1. The van der Waals surface area contributed by atoms with Crippen molar-refractivity contribution in [3.8, 4) is 12.3 Å². The number of piperidine rings is 1. The van der Waals surface area contributed by atoms with Gasteiger partial charge in [0, 0.05) is 19.1 Å². The first-order chi connectivity index (χ1) is 17.1. The molecule has 3 fully saturated rings. The normalized spacial score (nSPS) is 25.5. The summed E-state index contributed by atoms with van der Waals surface area (Å²) in [4.78, 5) is 14.7. The van der Waals surface area contributed by atoms with Crippen LogP contribution in [-0.2, 0) is 0 Å². The molecular formula is C30H42BN5. The highest BCUT2D eigenvalue weighted by atomic mass is 15.3. The molecule has 2 saturated heterocycles. The fourth-order valence-corrected chi connectivity index (χ4v) is 6.90. The molecule has 3 aliphatic rings. The van der Waals surface area contributed by atoms with Crippen LogP contribution in [0.3, 0.4) is 0 Å². The Labute approximate surface area is 218 Å². The number of hydrogen-bond acceptors (Lipinski definition) is 5. The van der Waals surface area contributed by atoms with Crippen molar-refractivity contribution in [1.29, 1.82) is 0 Å². The molecule has 2 aliphatic heterocycles. The predicted octanol–water partition coefficient (Wildman–Crippen LogP) is 4.76. The molecule has 1 saturated carbocycles. The molecule has 36 heavy (non-hydrogen) atoms. The van der Waals surface area contributed by atoms with Crippen LogP contribution in [0.1, 0.15) is 74.9 Å². The second-order valence-corrected chi connectivity index (χ2v) is 12.9. The minimum atomic E-state index is 0.136. The number of terminal acetylenes is 1. The average Bonchev–Trinajstić information content (AvgIpc) is 2.76. The van der Waals surface area contributed by atoms with E-state index in [1.54, 1.807) is 6.20 Å². The van der Waals surface area contributed by atoms with E-state index in [4.69, 9.17) is 11.4 Å². The van der Waals surface area contributed by atoms with Gasteiger partial charge in [0.1, 0.15) is 13.7 Å². The number of benzene rings is 1. The highest BCUT2D eigenvalue weighted by molar-refractivity contribution is 6.16. The molecule has 3 heterocycles. The number of anilines is 2. The molecule has 0 bridgehead atoms. The van der Waals surface area contributed by atoms with Crippen LogP contribution in [0, 0.1) is 37.5 Å². The fourth-order valence-electron chi connectivity index (χ4n) is 6.90. The third-order valence-electron chi connectivity index (χ3n) is 9.16. The van der Waals surface area contributed by atoms with Crippen molar-refractivity contribution in [3.63, 3.8) is 0 Å². The van der Waals surface area contributed by atoms with Crippen molar-refractivity contribution < 1.29 is 0 Å². The van der Waals surface area contributed by atoms with Gasteiger partial charge >= 0.3 is 0 Å². The molecule has 6 heteroatoms. The van der Waals surface area contributed by atoms with E-state index < -0.39 is 0 Å². The number of rotatable bonds is 6. The summed E-state index contributed by atoms with van der Waals surface area (Å²) in [7, 11) is 2.52. The minimum absolute atomic E-state index is 0.136. The van der Waals surface area contributed by atoms with Crippen molar-refractivity contribution in [1.82, 2.24) is 14.9 Å². The average molecular weight is 484 g/mol. The van der Waals surface area contributed by atoms with Crippen molar-refractivity contribution in [3.05, 3.63) is 46.8 Å². The van der Waals surface area contributed by atoms with Gasteiger partial charge < -0.3 is 15.1 Å². The smallest absolute Gasteiger partial charge is 0.165 e. The topological polar surface area (TPSA) is 44.3 Å². The zero-order chi connectivity index (χ0) is 25.7. The molecule has 0 unspecified atom stereocenters. The molecule has 1 aromatic carbocycles. The lowest BCUT2D eigenvalue weighted by Crippen LogP contribution is -2.59. The van der Waals surface area contributed by atoms with Gasteiger partial charge in [0.15, 0.2) is 11.5 Å². The van der Waals surface area contributed by atoms with Crippen molar-refractivity contribution in [2.24, 2.45) is 11.3 Å². The lowest BCUT2D eigenvalue weighted by molar-refractivity contribution is -0.00471. The van der Waals surface area contributed by atoms with E-state index in [1.807, 2.05) is 0 Å². The molecule has 1 aromatic heterocycles. The summed E-state index contributed by atoms with van der Waals surface area (Å²) in [6.45, 7) is 15.8. The van der Waals surface area contributed by atoms with Crippen LogP contribution in [-0.4, -0.2) is 54.9 Å². The van der Waals surface area contributed by atoms with Crippen molar-refractivity contribution in [2.75, 3.05) is 36.4 Å². The van der Waals surface area contributed by atoms with E-state index in [0.29, 0.717) is 22.3 Å². The Kier molecular flexibility index (Phi) is 6.58. The Morgan fingerprint density at radius 1 is 1.22 bits per heavy atom. The first-order valence-electron chi connectivity index (χ1n) is 13.7. The molecule has 0 radical (unpaired) electrons. The van der Waals surface area contributed by atoms with Crippen LogP contribution in [0.4, 0.5) is 11.6 Å². The predicted molar refractivity (Wildman–Crippen MR) is 152 cm³/mol. The third-order valence-corrected chi connectivity index (χ3v) is 9.16. The highest BCUT2D eigenvalue weighted by Gasteiger charge is 2.48. The van der Waals surface area contributed by atoms with Gasteiger partial charge in [0.2, 0.25) is 0 Å². The molecule has 190 valence electrons. The third kappa shape index (κ3) is 4.87. The summed E-state index contributed by atoms with van der Waals surface area (Å²) in [5.41, 5.74) is 5.02. The van der Waals surface area contributed by atoms with E-state index in [1.165, 1.54) is 55.5 Å². The van der Waals surface area contributed by atoms with E-state index in [9.17, 15) is 0 Å². The number of nitrogens with zero attached hydrogens (tertiary/aromatic N) is 4. The Balaban J connectivity index is 1.25. The van der Waals surface area contributed by atoms with Gasteiger partial charge in [-0.2, -0.15) is 0 Å². The minimum Gasteiger partial charge on any atom is -0.362 e. The number of likely N-dealkylation sites (tertiary alicyclic amines) is 1. The lowest BCUT2D eigenvalue weighted by Gasteiger charge is -2.57. The maximum atomic E-state index is 5.84. The number of aromatic nitrogens is 2. The Morgan fingerprint density at radius 3 is 2.64 bits per heavy atom. The highest BCUT2D eigenvalue weighted by Crippen LogP contribution is 2.50. The van der Waals surface area contributed by atoms with Gasteiger partial charge in [-0.05, 0) is 86.8 Å². The summed E-state index contributed by atoms with van der Waals surface area (Å²) < 4.78 is 0. The molecule has 5 nitrogen and oxygen atoms in total. The zero-order valence-corrected chi connectivity index (χ0v) is 23.1. The summed E-state index contributed by atoms with van der Waals surface area (Å²) in [5.74, 6) is 5.07. The van der Waals surface area contributed by atoms with Crippen LogP contribution in [0.2, 0.25) is 5.31 Å². The van der Waals surface area contributed by atoms with E-state index in [-0.39, 0.29) is 6.04 Å². The van der Waals surface area contributed by atoms with Crippen LogP contribution in [0.15, 0.2) is 24.4 Å². The van der Waals surface area contributed by atoms with E-state index >= 15 is 0 Å². The number of aryl methyl sites for hydroxylation is 2. The molecule has 1 aliphatic carbocycles. The van der Waals surface area contributed by atoms with Crippen molar-refractivity contribution >= 4 is 19.5 Å². The summed E-state index contributed by atoms with van der Waals surface area (Å²) >= 11 is 0. The standard InChI is InChI=1S/C30H42BN5/c1-7-26-28(34-27(16-32-26)33-22(4)25-10-9-20(2)13-21(25)3)36-17-23(18-36)30(31)11-8-12-35(19-30)24-14-29(5,6)15-24/h1,9-10,13,16,22-24H,8,11-12,14-15,17-19,31H2,2-6H3,(H,33,34)/t22-,30-/m1/s1. The van der Waals surface area contributed by atoms with Gasteiger partial charge in [0.25, 0.3) is 0 Å². The quantitative estimate of drug-likeness (QED) is 0.474. The fraction of sp³-hybridized carbons (Fsp3) is 0.600. The monoisotopic (exact) mass is 483 g/mol. The summed E-state index contributed by atoms with van der Waals surface area (Å²) in [6, 6.07) is 7.52. The second kappa shape index (κ2) is 9.41.